The van der Waals surface area contributed by atoms with Crippen LogP contribution in [0.5, 0.6) is 23.0 Å². The fourth-order valence-electron chi connectivity index (χ4n) is 4.65. The van der Waals surface area contributed by atoms with Crippen LogP contribution in [0.3, 0.4) is 0 Å². The Bertz CT molecular complexity index is 1510. The highest BCUT2D eigenvalue weighted by Crippen LogP contribution is 2.49. The highest BCUT2D eigenvalue weighted by Gasteiger charge is 2.32. The lowest BCUT2D eigenvalue weighted by Gasteiger charge is -2.29. The van der Waals surface area contributed by atoms with Gasteiger partial charge in [0.15, 0.2) is 16.9 Å². The van der Waals surface area contributed by atoms with Gasteiger partial charge in [-0.3, -0.25) is 9.59 Å². The van der Waals surface area contributed by atoms with Crippen molar-refractivity contribution >= 4 is 16.9 Å². The first kappa shape index (κ1) is 24.2. The molecule has 3 aromatic carbocycles. The summed E-state index contributed by atoms with van der Waals surface area (Å²) >= 11 is 0. The number of rotatable bonds is 5. The van der Waals surface area contributed by atoms with Gasteiger partial charge in [-0.2, -0.15) is 0 Å². The van der Waals surface area contributed by atoms with Crippen molar-refractivity contribution in [2.75, 3.05) is 26.3 Å². The molecule has 4 aromatic rings. The van der Waals surface area contributed by atoms with Crippen molar-refractivity contribution in [3.8, 4) is 34.3 Å². The van der Waals surface area contributed by atoms with E-state index in [0.717, 1.165) is 0 Å². The Morgan fingerprint density at radius 2 is 1.57 bits per heavy atom. The molecular weight excluding hydrogens is 478 g/mol. The summed E-state index contributed by atoms with van der Waals surface area (Å²) in [5.74, 6) is -3.33. The van der Waals surface area contributed by atoms with Gasteiger partial charge in [-0.15, -0.1) is 0 Å². The van der Waals surface area contributed by atoms with E-state index >= 15 is 0 Å². The van der Waals surface area contributed by atoms with E-state index in [1.165, 1.54) is 18.2 Å². The molecule has 37 heavy (non-hydrogen) atoms. The van der Waals surface area contributed by atoms with E-state index in [1.54, 1.807) is 41.3 Å². The average Bonchev–Trinajstić information content (AvgIpc) is 2.92. The molecule has 4 N–H and O–H groups in total. The highest BCUT2D eigenvalue weighted by atomic mass is 16.5. The van der Waals surface area contributed by atoms with Crippen LogP contribution in [0.4, 0.5) is 0 Å². The molecule has 2 heterocycles. The van der Waals surface area contributed by atoms with Gasteiger partial charge in [0.2, 0.25) is 11.7 Å². The summed E-state index contributed by atoms with van der Waals surface area (Å²) in [5, 5.41) is 41.8. The zero-order valence-corrected chi connectivity index (χ0v) is 19.8. The summed E-state index contributed by atoms with van der Waals surface area (Å²) in [6.45, 7) is 1.61. The minimum Gasteiger partial charge on any atom is -0.508 e. The Hall–Kier alpha value is -4.50. The average molecular weight is 504 g/mol. The van der Waals surface area contributed by atoms with Gasteiger partial charge in [-0.05, 0) is 17.7 Å². The maximum atomic E-state index is 13.3. The smallest absolute Gasteiger partial charge is 0.223 e. The van der Waals surface area contributed by atoms with Crippen LogP contribution in [-0.2, 0) is 9.53 Å². The summed E-state index contributed by atoms with van der Waals surface area (Å²) < 4.78 is 11.4. The lowest BCUT2D eigenvalue weighted by atomic mass is 9.85. The standard InChI is InChI=1S/C28H25NO8/c30-18-8-6-16(7-9-18)19(14-22(32)29-10-12-36-13-11-29)23-25(33)27(35)26(34)24-20(31)15-21(37-28(23)24)17-4-2-1-3-5-17/h1-9,15,19,30,33-35H,10-14H2/t19-/m1/s1. The molecule has 190 valence electrons. The van der Waals surface area contributed by atoms with E-state index in [-0.39, 0.29) is 40.4 Å². The first-order chi connectivity index (χ1) is 17.8. The summed E-state index contributed by atoms with van der Waals surface area (Å²) in [6.07, 6.45) is -0.142. The lowest BCUT2D eigenvalue weighted by Crippen LogP contribution is -2.41. The van der Waals surface area contributed by atoms with Gasteiger partial charge in [0.25, 0.3) is 0 Å². The largest absolute Gasteiger partial charge is 0.508 e. The quantitative estimate of drug-likeness (QED) is 0.303. The van der Waals surface area contributed by atoms with Gasteiger partial charge in [0.05, 0.1) is 13.2 Å². The summed E-state index contributed by atoms with van der Waals surface area (Å²) in [4.78, 5) is 28.1. The summed E-state index contributed by atoms with van der Waals surface area (Å²) in [5.41, 5.74) is 0.316. The molecule has 1 atom stereocenters. The number of hydrogen-bond acceptors (Lipinski definition) is 8. The molecule has 0 unspecified atom stereocenters. The van der Waals surface area contributed by atoms with Crippen LogP contribution in [0.2, 0.25) is 0 Å². The Kier molecular flexibility index (Phi) is 6.45. The van der Waals surface area contributed by atoms with E-state index in [4.69, 9.17) is 9.15 Å². The van der Waals surface area contributed by atoms with Crippen molar-refractivity contribution in [1.29, 1.82) is 0 Å². The number of hydrogen-bond donors (Lipinski definition) is 4. The van der Waals surface area contributed by atoms with E-state index in [2.05, 4.69) is 0 Å². The second-order valence-corrected chi connectivity index (χ2v) is 8.85. The van der Waals surface area contributed by atoms with Crippen LogP contribution in [0, 0.1) is 0 Å². The first-order valence-electron chi connectivity index (χ1n) is 11.8. The van der Waals surface area contributed by atoms with Crippen LogP contribution in [0.15, 0.2) is 69.9 Å². The highest BCUT2D eigenvalue weighted by molar-refractivity contribution is 5.94. The van der Waals surface area contributed by atoms with Gasteiger partial charge >= 0.3 is 0 Å². The lowest BCUT2D eigenvalue weighted by molar-refractivity contribution is -0.135. The van der Waals surface area contributed by atoms with Gasteiger partial charge < -0.3 is 34.5 Å². The predicted molar refractivity (Wildman–Crippen MR) is 135 cm³/mol. The van der Waals surface area contributed by atoms with Crippen molar-refractivity contribution in [2.24, 2.45) is 0 Å². The maximum Gasteiger partial charge on any atom is 0.223 e. The topological polar surface area (TPSA) is 141 Å². The minimum absolute atomic E-state index is 0.00235. The number of ether oxygens (including phenoxy) is 1. The number of carbonyl (C=O) groups is 1. The molecule has 9 nitrogen and oxygen atoms in total. The normalized spacial score (nSPS) is 14.5. The van der Waals surface area contributed by atoms with E-state index in [9.17, 15) is 30.0 Å². The number of fused-ring (bicyclic) bond motifs is 1. The summed E-state index contributed by atoms with van der Waals surface area (Å²) in [7, 11) is 0. The Balaban J connectivity index is 1.75. The van der Waals surface area contributed by atoms with Gasteiger partial charge in [-0.25, -0.2) is 0 Å². The SMILES string of the molecule is O=C(C[C@H](c1ccc(O)cc1)c1c(O)c(O)c(O)c2c(=O)cc(-c3ccccc3)oc12)N1CCOCC1. The zero-order valence-electron chi connectivity index (χ0n) is 19.8. The van der Waals surface area contributed by atoms with Crippen molar-refractivity contribution < 1.29 is 34.4 Å². The number of benzene rings is 3. The number of aromatic hydroxyl groups is 4. The number of morpholine rings is 1. The van der Waals surface area contributed by atoms with Gasteiger partial charge in [-0.1, -0.05) is 42.5 Å². The van der Waals surface area contributed by atoms with Crippen LogP contribution in [0.25, 0.3) is 22.3 Å². The third kappa shape index (κ3) is 4.56. The van der Waals surface area contributed by atoms with Crippen LogP contribution in [0.1, 0.15) is 23.5 Å². The number of nitrogens with zero attached hydrogens (tertiary/aromatic N) is 1. The molecule has 1 aliphatic heterocycles. The molecule has 5 rings (SSSR count). The first-order valence-corrected chi connectivity index (χ1v) is 11.8. The van der Waals surface area contributed by atoms with Crippen LogP contribution >= 0.6 is 0 Å². The van der Waals surface area contributed by atoms with Gasteiger partial charge in [0.1, 0.15) is 22.5 Å². The molecule has 1 aromatic heterocycles. The van der Waals surface area contributed by atoms with E-state index < -0.39 is 28.6 Å². The molecule has 0 radical (unpaired) electrons. The fourth-order valence-corrected chi connectivity index (χ4v) is 4.65. The second kappa shape index (κ2) is 9.87. The monoisotopic (exact) mass is 503 g/mol. The van der Waals surface area contributed by atoms with Crippen molar-refractivity contribution in [3.63, 3.8) is 0 Å². The van der Waals surface area contributed by atoms with Crippen LogP contribution in [-0.4, -0.2) is 57.5 Å². The van der Waals surface area contributed by atoms with E-state index in [1.807, 2.05) is 6.07 Å². The number of phenols is 4. The van der Waals surface area contributed by atoms with E-state index in [0.29, 0.717) is 37.4 Å². The minimum atomic E-state index is -0.890. The Morgan fingerprint density at radius 3 is 2.24 bits per heavy atom. The molecule has 1 fully saturated rings. The Labute approximate surface area is 211 Å². The number of phenolic OH excluding ortho intramolecular Hbond substituents is 4. The molecule has 0 spiro atoms. The summed E-state index contributed by atoms with van der Waals surface area (Å²) in [6, 6.07) is 16.1. The number of carbonyl (C=O) groups excluding carboxylic acids is 1. The fraction of sp³-hybridized carbons (Fsp3) is 0.214. The Morgan fingerprint density at radius 1 is 0.892 bits per heavy atom. The van der Waals surface area contributed by atoms with Crippen LogP contribution < -0.4 is 5.43 Å². The molecule has 1 amide bonds. The molecular formula is C28H25NO8. The molecule has 1 saturated heterocycles. The van der Waals surface area contributed by atoms with Crippen molar-refractivity contribution in [3.05, 3.63) is 82.0 Å². The third-order valence-corrected chi connectivity index (χ3v) is 6.58. The predicted octanol–water partition coefficient (Wildman–Crippen LogP) is 3.66. The zero-order chi connectivity index (χ0) is 26.1. The maximum absolute atomic E-state index is 13.3. The van der Waals surface area contributed by atoms with Crippen molar-refractivity contribution in [1.82, 2.24) is 4.90 Å². The second-order valence-electron chi connectivity index (χ2n) is 8.85. The molecule has 0 saturated carbocycles. The third-order valence-electron chi connectivity index (χ3n) is 6.58. The molecule has 1 aliphatic rings. The molecule has 0 bridgehead atoms. The van der Waals surface area contributed by atoms with Gasteiger partial charge in [0, 0.05) is 42.6 Å². The molecule has 9 heteroatoms. The molecule has 0 aliphatic carbocycles. The van der Waals surface area contributed by atoms with Crippen molar-refractivity contribution in [2.45, 2.75) is 12.3 Å². The number of amides is 1.